The number of carbonyl (C=O) groups is 1. The number of aromatic carboxylic acids is 1. The molecule has 0 fully saturated rings. The number of carboxylic acid groups (broad SMARTS) is 1. The van der Waals surface area contributed by atoms with Crippen LogP contribution < -0.4 is 0 Å². The number of thiazole rings is 1. The van der Waals surface area contributed by atoms with Gasteiger partial charge in [-0.15, -0.1) is 11.3 Å². The molecule has 0 atom stereocenters. The highest BCUT2D eigenvalue weighted by Crippen LogP contribution is 2.23. The highest BCUT2D eigenvalue weighted by molar-refractivity contribution is 7.10. The number of carboxylic acids is 1. The van der Waals surface area contributed by atoms with E-state index in [0.717, 1.165) is 21.8 Å². The first-order valence-corrected chi connectivity index (χ1v) is 7.73. The van der Waals surface area contributed by atoms with Crippen LogP contribution in [-0.4, -0.2) is 16.1 Å². The molecule has 1 aromatic heterocycles. The minimum Gasteiger partial charge on any atom is -0.478 e. The molecule has 0 saturated heterocycles. The normalized spacial score (nSPS) is 11.0. The van der Waals surface area contributed by atoms with E-state index in [9.17, 15) is 9.18 Å². The summed E-state index contributed by atoms with van der Waals surface area (Å²) < 4.78 is 12.9. The van der Waals surface area contributed by atoms with Crippen LogP contribution in [0.5, 0.6) is 0 Å². The van der Waals surface area contributed by atoms with Crippen molar-refractivity contribution in [3.63, 3.8) is 0 Å². The number of rotatable bonds is 4. The molecule has 114 valence electrons. The monoisotopic (exact) mass is 325 g/mol. The molecule has 23 heavy (non-hydrogen) atoms. The van der Waals surface area contributed by atoms with E-state index < -0.39 is 5.97 Å². The van der Waals surface area contributed by atoms with Crippen LogP contribution in [0.15, 0.2) is 53.9 Å². The highest BCUT2D eigenvalue weighted by Gasteiger charge is 2.03. The molecule has 0 aliphatic heterocycles. The summed E-state index contributed by atoms with van der Waals surface area (Å²) in [5, 5.41) is 11.6. The lowest BCUT2D eigenvalue weighted by Gasteiger charge is -1.96. The number of benzene rings is 2. The largest absolute Gasteiger partial charge is 0.478 e. The van der Waals surface area contributed by atoms with E-state index in [4.69, 9.17) is 5.11 Å². The van der Waals surface area contributed by atoms with Crippen LogP contribution >= 0.6 is 11.3 Å². The number of nitrogens with zero attached hydrogens (tertiary/aromatic N) is 1. The minimum atomic E-state index is -0.940. The zero-order valence-corrected chi connectivity index (χ0v) is 12.8. The van der Waals surface area contributed by atoms with Gasteiger partial charge in [0.1, 0.15) is 10.8 Å². The molecule has 1 heterocycles. The van der Waals surface area contributed by atoms with Crippen LogP contribution in [0, 0.1) is 5.82 Å². The molecule has 2 aromatic carbocycles. The van der Waals surface area contributed by atoms with Crippen molar-refractivity contribution in [2.45, 2.75) is 0 Å². The van der Waals surface area contributed by atoms with E-state index in [0.29, 0.717) is 0 Å². The van der Waals surface area contributed by atoms with E-state index in [1.54, 1.807) is 36.4 Å². The Balaban J connectivity index is 1.75. The number of aromatic nitrogens is 1. The van der Waals surface area contributed by atoms with Crippen LogP contribution in [0.4, 0.5) is 4.39 Å². The van der Waals surface area contributed by atoms with Crippen LogP contribution in [0.2, 0.25) is 0 Å². The summed E-state index contributed by atoms with van der Waals surface area (Å²) in [6, 6.07) is 12.8. The molecular weight excluding hydrogens is 313 g/mol. The molecule has 0 saturated carbocycles. The Bertz CT molecular complexity index is 851. The second-order valence-corrected chi connectivity index (χ2v) is 5.73. The average molecular weight is 325 g/mol. The quantitative estimate of drug-likeness (QED) is 0.748. The molecule has 1 N–H and O–H groups in total. The predicted octanol–water partition coefficient (Wildman–Crippen LogP) is 4.82. The van der Waals surface area contributed by atoms with Gasteiger partial charge in [-0.05, 0) is 48.0 Å². The fourth-order valence-electron chi connectivity index (χ4n) is 2.02. The maximum absolute atomic E-state index is 12.9. The smallest absolute Gasteiger partial charge is 0.335 e. The Labute approximate surface area is 136 Å². The van der Waals surface area contributed by atoms with Crippen LogP contribution in [0.1, 0.15) is 20.9 Å². The summed E-state index contributed by atoms with van der Waals surface area (Å²) >= 11 is 1.49. The summed E-state index contributed by atoms with van der Waals surface area (Å²) in [7, 11) is 0. The minimum absolute atomic E-state index is 0.259. The average Bonchev–Trinajstić information content (AvgIpc) is 3.03. The Hall–Kier alpha value is -2.79. The van der Waals surface area contributed by atoms with Crippen molar-refractivity contribution in [2.24, 2.45) is 0 Å². The van der Waals surface area contributed by atoms with Gasteiger partial charge < -0.3 is 5.11 Å². The van der Waals surface area contributed by atoms with Gasteiger partial charge in [-0.1, -0.05) is 18.2 Å². The summed E-state index contributed by atoms with van der Waals surface area (Å²) in [6.07, 6.45) is 3.74. The van der Waals surface area contributed by atoms with Gasteiger partial charge in [0.15, 0.2) is 0 Å². The van der Waals surface area contributed by atoms with Crippen molar-refractivity contribution < 1.29 is 14.3 Å². The van der Waals surface area contributed by atoms with Gasteiger partial charge >= 0.3 is 5.97 Å². The van der Waals surface area contributed by atoms with Gasteiger partial charge in [-0.3, -0.25) is 0 Å². The lowest BCUT2D eigenvalue weighted by molar-refractivity contribution is 0.0697. The molecule has 0 unspecified atom stereocenters. The summed E-state index contributed by atoms with van der Waals surface area (Å²) in [6.45, 7) is 0. The first-order chi connectivity index (χ1) is 11.1. The maximum Gasteiger partial charge on any atom is 0.335 e. The van der Waals surface area contributed by atoms with E-state index in [-0.39, 0.29) is 11.4 Å². The second-order valence-electron chi connectivity index (χ2n) is 4.84. The third-order valence-electron chi connectivity index (χ3n) is 3.24. The van der Waals surface area contributed by atoms with Crippen molar-refractivity contribution in [3.8, 4) is 11.3 Å². The molecule has 3 rings (SSSR count). The fraction of sp³-hybridized carbons (Fsp3) is 0. The standard InChI is InChI=1S/C18H12FNO2S/c19-15-8-6-13(7-9-15)16-11-23-17(20-16)10-3-12-1-4-14(5-2-12)18(21)22/h1-11H,(H,21,22). The van der Waals surface area contributed by atoms with Crippen molar-refractivity contribution >= 4 is 29.5 Å². The Morgan fingerprint density at radius 1 is 1.04 bits per heavy atom. The molecular formula is C18H12FNO2S. The molecule has 0 bridgehead atoms. The van der Waals surface area contributed by atoms with Gasteiger partial charge in [-0.25, -0.2) is 14.2 Å². The first kappa shape index (κ1) is 15.1. The van der Waals surface area contributed by atoms with Gasteiger partial charge in [0.25, 0.3) is 0 Å². The number of hydrogen-bond donors (Lipinski definition) is 1. The maximum atomic E-state index is 12.9. The molecule has 0 aliphatic carbocycles. The van der Waals surface area contributed by atoms with Gasteiger partial charge in [0, 0.05) is 10.9 Å². The van der Waals surface area contributed by atoms with Crippen LogP contribution in [-0.2, 0) is 0 Å². The van der Waals surface area contributed by atoms with Gasteiger partial charge in [0.2, 0.25) is 0 Å². The van der Waals surface area contributed by atoms with Crippen molar-refractivity contribution in [1.82, 2.24) is 4.98 Å². The van der Waals surface area contributed by atoms with E-state index in [1.807, 2.05) is 17.5 Å². The van der Waals surface area contributed by atoms with E-state index >= 15 is 0 Å². The zero-order valence-electron chi connectivity index (χ0n) is 11.9. The fourth-order valence-corrected chi connectivity index (χ4v) is 2.74. The molecule has 5 heteroatoms. The topological polar surface area (TPSA) is 50.2 Å². The highest BCUT2D eigenvalue weighted by atomic mass is 32.1. The Morgan fingerprint density at radius 3 is 2.39 bits per heavy atom. The zero-order chi connectivity index (χ0) is 16.2. The molecule has 0 spiro atoms. The Kier molecular flexibility index (Phi) is 4.30. The molecule has 0 aliphatic rings. The van der Waals surface area contributed by atoms with Gasteiger partial charge in [0.05, 0.1) is 11.3 Å². The number of hydrogen-bond acceptors (Lipinski definition) is 3. The molecule has 0 amide bonds. The second kappa shape index (κ2) is 6.54. The van der Waals surface area contributed by atoms with E-state index in [1.165, 1.54) is 23.5 Å². The van der Waals surface area contributed by atoms with Crippen molar-refractivity contribution in [2.75, 3.05) is 0 Å². The Morgan fingerprint density at radius 2 is 1.74 bits per heavy atom. The van der Waals surface area contributed by atoms with E-state index in [2.05, 4.69) is 4.98 Å². The lowest BCUT2D eigenvalue weighted by Crippen LogP contribution is -1.94. The number of halogens is 1. The third-order valence-corrected chi connectivity index (χ3v) is 4.05. The SMILES string of the molecule is O=C(O)c1ccc(C=Cc2nc(-c3ccc(F)cc3)cs2)cc1. The molecule has 3 aromatic rings. The van der Waals surface area contributed by atoms with Crippen molar-refractivity contribution in [3.05, 3.63) is 75.9 Å². The summed E-state index contributed by atoms with van der Waals surface area (Å²) in [5.41, 5.74) is 2.83. The summed E-state index contributed by atoms with van der Waals surface area (Å²) in [5.74, 6) is -1.21. The predicted molar refractivity (Wildman–Crippen MR) is 89.8 cm³/mol. The van der Waals surface area contributed by atoms with Crippen LogP contribution in [0.3, 0.4) is 0 Å². The first-order valence-electron chi connectivity index (χ1n) is 6.85. The third kappa shape index (κ3) is 3.70. The van der Waals surface area contributed by atoms with Crippen molar-refractivity contribution in [1.29, 1.82) is 0 Å². The van der Waals surface area contributed by atoms with Gasteiger partial charge in [-0.2, -0.15) is 0 Å². The summed E-state index contributed by atoms with van der Waals surface area (Å²) in [4.78, 5) is 15.3. The lowest BCUT2D eigenvalue weighted by atomic mass is 10.1. The molecule has 0 radical (unpaired) electrons. The molecule has 3 nitrogen and oxygen atoms in total. The van der Waals surface area contributed by atoms with Crippen LogP contribution in [0.25, 0.3) is 23.4 Å².